The van der Waals surface area contributed by atoms with Gasteiger partial charge >= 0.3 is 0 Å². The highest BCUT2D eigenvalue weighted by atomic mass is 16.5. The van der Waals surface area contributed by atoms with Crippen LogP contribution in [0.3, 0.4) is 0 Å². The van der Waals surface area contributed by atoms with E-state index >= 15 is 0 Å². The van der Waals surface area contributed by atoms with Gasteiger partial charge in [0.2, 0.25) is 5.89 Å². The van der Waals surface area contributed by atoms with E-state index in [0.29, 0.717) is 11.8 Å². The molecule has 0 bridgehead atoms. The van der Waals surface area contributed by atoms with E-state index in [0.717, 1.165) is 11.3 Å². The first kappa shape index (κ1) is 12.4. The molecular weight excluding hydrogens is 252 g/mol. The minimum Gasteiger partial charge on any atom is -0.484 e. The standard InChI is InChI=1S/C16H14N2O2/c1-12-17-18-16(20-12)11-19-15-9-7-14(8-10-15)13-5-3-2-4-6-13/h2-10H,11H2,1H3. The molecule has 0 radical (unpaired) electrons. The molecule has 3 rings (SSSR count). The van der Waals surface area contributed by atoms with Crippen molar-refractivity contribution in [2.75, 3.05) is 0 Å². The van der Waals surface area contributed by atoms with Crippen molar-refractivity contribution in [3.63, 3.8) is 0 Å². The van der Waals surface area contributed by atoms with Crippen LogP contribution in [0.25, 0.3) is 11.1 Å². The number of benzene rings is 2. The zero-order chi connectivity index (χ0) is 13.8. The molecule has 0 saturated carbocycles. The van der Waals surface area contributed by atoms with E-state index in [2.05, 4.69) is 22.3 Å². The van der Waals surface area contributed by atoms with Crippen LogP contribution in [0.15, 0.2) is 59.0 Å². The van der Waals surface area contributed by atoms with Crippen molar-refractivity contribution in [3.05, 3.63) is 66.4 Å². The molecule has 0 aliphatic carbocycles. The van der Waals surface area contributed by atoms with Gasteiger partial charge in [-0.15, -0.1) is 10.2 Å². The Balaban J connectivity index is 1.67. The Morgan fingerprint density at radius 3 is 2.25 bits per heavy atom. The molecule has 0 saturated heterocycles. The molecule has 1 heterocycles. The van der Waals surface area contributed by atoms with Gasteiger partial charge in [0.15, 0.2) is 6.61 Å². The minimum absolute atomic E-state index is 0.283. The zero-order valence-electron chi connectivity index (χ0n) is 11.1. The van der Waals surface area contributed by atoms with Gasteiger partial charge in [0, 0.05) is 6.92 Å². The Bertz CT molecular complexity index is 675. The summed E-state index contributed by atoms with van der Waals surface area (Å²) in [6.45, 7) is 2.04. The Labute approximate surface area is 117 Å². The molecule has 0 atom stereocenters. The van der Waals surface area contributed by atoms with Crippen molar-refractivity contribution in [1.29, 1.82) is 0 Å². The fourth-order valence-electron chi connectivity index (χ4n) is 1.92. The fourth-order valence-corrected chi connectivity index (χ4v) is 1.92. The van der Waals surface area contributed by atoms with Crippen LogP contribution >= 0.6 is 0 Å². The summed E-state index contributed by atoms with van der Waals surface area (Å²) in [5.41, 5.74) is 2.35. The normalized spacial score (nSPS) is 10.4. The lowest BCUT2D eigenvalue weighted by molar-refractivity contribution is 0.260. The van der Waals surface area contributed by atoms with Gasteiger partial charge in [-0.2, -0.15) is 0 Å². The maximum absolute atomic E-state index is 5.60. The molecule has 0 N–H and O–H groups in total. The third-order valence-electron chi connectivity index (χ3n) is 2.89. The predicted molar refractivity (Wildman–Crippen MR) is 75.2 cm³/mol. The van der Waals surface area contributed by atoms with Crippen LogP contribution in [-0.4, -0.2) is 10.2 Å². The summed E-state index contributed by atoms with van der Waals surface area (Å²) < 4.78 is 10.9. The molecule has 2 aromatic carbocycles. The minimum atomic E-state index is 0.283. The molecule has 0 unspecified atom stereocenters. The van der Waals surface area contributed by atoms with E-state index in [4.69, 9.17) is 9.15 Å². The second-order valence-electron chi connectivity index (χ2n) is 4.39. The van der Waals surface area contributed by atoms with E-state index < -0.39 is 0 Å². The van der Waals surface area contributed by atoms with Gasteiger partial charge in [-0.25, -0.2) is 0 Å². The van der Waals surface area contributed by atoms with E-state index in [1.165, 1.54) is 5.56 Å². The van der Waals surface area contributed by atoms with Crippen molar-refractivity contribution in [1.82, 2.24) is 10.2 Å². The molecule has 0 spiro atoms. The van der Waals surface area contributed by atoms with Crippen LogP contribution in [0.2, 0.25) is 0 Å². The summed E-state index contributed by atoms with van der Waals surface area (Å²) in [5.74, 6) is 1.80. The van der Waals surface area contributed by atoms with Gasteiger partial charge in [-0.3, -0.25) is 0 Å². The Hall–Kier alpha value is -2.62. The van der Waals surface area contributed by atoms with Gasteiger partial charge in [-0.05, 0) is 23.3 Å². The van der Waals surface area contributed by atoms with E-state index in [9.17, 15) is 0 Å². The zero-order valence-corrected chi connectivity index (χ0v) is 11.1. The maximum atomic E-state index is 5.60. The van der Waals surface area contributed by atoms with Crippen LogP contribution in [0.1, 0.15) is 11.8 Å². The molecule has 4 nitrogen and oxygen atoms in total. The molecule has 0 aliphatic heterocycles. The first-order chi connectivity index (χ1) is 9.81. The number of hydrogen-bond donors (Lipinski definition) is 0. The van der Waals surface area contributed by atoms with E-state index in [-0.39, 0.29) is 6.61 Å². The first-order valence-electron chi connectivity index (χ1n) is 6.38. The lowest BCUT2D eigenvalue weighted by atomic mass is 10.1. The molecule has 4 heteroatoms. The second-order valence-corrected chi connectivity index (χ2v) is 4.39. The van der Waals surface area contributed by atoms with Crippen molar-refractivity contribution in [3.8, 4) is 16.9 Å². The number of ether oxygens (including phenoxy) is 1. The van der Waals surface area contributed by atoms with Crippen LogP contribution in [0.4, 0.5) is 0 Å². The molecular formula is C16H14N2O2. The van der Waals surface area contributed by atoms with Crippen molar-refractivity contribution in [2.45, 2.75) is 13.5 Å². The average molecular weight is 266 g/mol. The SMILES string of the molecule is Cc1nnc(COc2ccc(-c3ccccc3)cc2)o1. The molecule has 0 aliphatic rings. The van der Waals surface area contributed by atoms with Crippen LogP contribution < -0.4 is 4.74 Å². The summed E-state index contributed by atoms with van der Waals surface area (Å²) in [6.07, 6.45) is 0. The summed E-state index contributed by atoms with van der Waals surface area (Å²) in [7, 11) is 0. The van der Waals surface area contributed by atoms with Gasteiger partial charge < -0.3 is 9.15 Å². The highest BCUT2D eigenvalue weighted by Gasteiger charge is 2.03. The molecule has 0 amide bonds. The van der Waals surface area contributed by atoms with E-state index in [1.807, 2.05) is 42.5 Å². The second kappa shape index (κ2) is 5.57. The Kier molecular flexibility index (Phi) is 3.46. The average Bonchev–Trinajstić information content (AvgIpc) is 2.92. The van der Waals surface area contributed by atoms with E-state index in [1.54, 1.807) is 6.92 Å². The third-order valence-corrected chi connectivity index (χ3v) is 2.89. The summed E-state index contributed by atoms with van der Waals surface area (Å²) in [5, 5.41) is 7.64. The maximum Gasteiger partial charge on any atom is 0.253 e. The van der Waals surface area contributed by atoms with Crippen molar-refractivity contribution < 1.29 is 9.15 Å². The number of rotatable bonds is 4. The highest BCUT2D eigenvalue weighted by Crippen LogP contribution is 2.22. The van der Waals surface area contributed by atoms with Gasteiger partial charge in [0.1, 0.15) is 5.75 Å². The number of aromatic nitrogens is 2. The van der Waals surface area contributed by atoms with Crippen molar-refractivity contribution >= 4 is 0 Å². The summed E-state index contributed by atoms with van der Waals surface area (Å²) >= 11 is 0. The summed E-state index contributed by atoms with van der Waals surface area (Å²) in [4.78, 5) is 0. The van der Waals surface area contributed by atoms with Crippen LogP contribution in [0, 0.1) is 6.92 Å². The lowest BCUT2D eigenvalue weighted by Gasteiger charge is -2.05. The molecule has 0 fully saturated rings. The topological polar surface area (TPSA) is 48.2 Å². The van der Waals surface area contributed by atoms with Crippen molar-refractivity contribution in [2.24, 2.45) is 0 Å². The van der Waals surface area contributed by atoms with Crippen LogP contribution in [0.5, 0.6) is 5.75 Å². The fraction of sp³-hybridized carbons (Fsp3) is 0.125. The quantitative estimate of drug-likeness (QED) is 0.723. The van der Waals surface area contributed by atoms with Crippen LogP contribution in [-0.2, 0) is 6.61 Å². The van der Waals surface area contributed by atoms with Gasteiger partial charge in [0.05, 0.1) is 0 Å². The van der Waals surface area contributed by atoms with Gasteiger partial charge in [0.25, 0.3) is 5.89 Å². The van der Waals surface area contributed by atoms with Gasteiger partial charge in [-0.1, -0.05) is 42.5 Å². The number of hydrogen-bond acceptors (Lipinski definition) is 4. The Morgan fingerprint density at radius 2 is 1.60 bits per heavy atom. The first-order valence-corrected chi connectivity index (χ1v) is 6.38. The smallest absolute Gasteiger partial charge is 0.253 e. The third kappa shape index (κ3) is 2.85. The Morgan fingerprint density at radius 1 is 0.900 bits per heavy atom. The number of nitrogens with zero attached hydrogens (tertiary/aromatic N) is 2. The molecule has 100 valence electrons. The highest BCUT2D eigenvalue weighted by molar-refractivity contribution is 5.63. The molecule has 3 aromatic rings. The monoisotopic (exact) mass is 266 g/mol. The molecule has 1 aromatic heterocycles. The predicted octanol–water partition coefficient (Wildman–Crippen LogP) is 3.62. The molecule has 20 heavy (non-hydrogen) atoms. The summed E-state index contributed by atoms with van der Waals surface area (Å²) in [6, 6.07) is 18.2. The largest absolute Gasteiger partial charge is 0.484 e. The number of aryl methyl sites for hydroxylation is 1. The lowest BCUT2D eigenvalue weighted by Crippen LogP contribution is -1.95.